The number of nitrogens with two attached hydrogens (primary N) is 1. The lowest BCUT2D eigenvalue weighted by Gasteiger charge is -2.31. The van der Waals surface area contributed by atoms with Crippen LogP contribution in [0.15, 0.2) is 24.3 Å². The van der Waals surface area contributed by atoms with Gasteiger partial charge in [-0.1, -0.05) is 37.1 Å². The maximum Gasteiger partial charge on any atom is 0.325 e. The van der Waals surface area contributed by atoms with Crippen LogP contribution in [0.4, 0.5) is 4.79 Å². The van der Waals surface area contributed by atoms with E-state index >= 15 is 0 Å². The van der Waals surface area contributed by atoms with Gasteiger partial charge in [-0.25, -0.2) is 4.79 Å². The quantitative estimate of drug-likeness (QED) is 0.688. The van der Waals surface area contributed by atoms with Crippen molar-refractivity contribution in [2.75, 3.05) is 13.1 Å². The maximum atomic E-state index is 13.1. The van der Waals surface area contributed by atoms with Gasteiger partial charge in [0.05, 0.1) is 0 Å². The fraction of sp³-hybridized carbons (Fsp3) is 0.550. The third-order valence-electron chi connectivity index (χ3n) is 6.28. The molecule has 4 rings (SSSR count). The van der Waals surface area contributed by atoms with Crippen LogP contribution < -0.4 is 16.4 Å². The number of imide groups is 1. The van der Waals surface area contributed by atoms with Crippen LogP contribution in [0.3, 0.4) is 0 Å². The molecule has 1 aliphatic heterocycles. The van der Waals surface area contributed by atoms with Gasteiger partial charge in [-0.15, -0.1) is 0 Å². The first-order valence-electron chi connectivity index (χ1n) is 9.77. The largest absolute Gasteiger partial charge is 0.351 e. The van der Waals surface area contributed by atoms with Crippen LogP contribution >= 0.6 is 0 Å². The molecule has 0 bridgehead atoms. The van der Waals surface area contributed by atoms with Crippen LogP contribution in [0.5, 0.6) is 0 Å². The van der Waals surface area contributed by atoms with Gasteiger partial charge in [0.15, 0.2) is 0 Å². The van der Waals surface area contributed by atoms with Crippen molar-refractivity contribution < 1.29 is 14.4 Å². The highest BCUT2D eigenvalue weighted by Gasteiger charge is 2.55. The van der Waals surface area contributed by atoms with Gasteiger partial charge >= 0.3 is 6.03 Å². The molecule has 1 saturated carbocycles. The van der Waals surface area contributed by atoms with Crippen molar-refractivity contribution in [3.63, 3.8) is 0 Å². The van der Waals surface area contributed by atoms with Crippen molar-refractivity contribution in [3.05, 3.63) is 35.4 Å². The molecule has 3 unspecified atom stereocenters. The zero-order valence-electron chi connectivity index (χ0n) is 15.4. The Bertz CT molecular complexity index is 780. The summed E-state index contributed by atoms with van der Waals surface area (Å²) in [7, 11) is 0. The number of benzene rings is 1. The summed E-state index contributed by atoms with van der Waals surface area (Å²) in [6.45, 7) is 0.288. The lowest BCUT2D eigenvalue weighted by atomic mass is 9.84. The molecule has 0 aromatic heterocycles. The minimum absolute atomic E-state index is 0.0261. The summed E-state index contributed by atoms with van der Waals surface area (Å²) in [5, 5.41) is 5.84. The topological polar surface area (TPSA) is 105 Å². The van der Waals surface area contributed by atoms with Crippen LogP contribution in [-0.4, -0.2) is 41.9 Å². The second-order valence-electron chi connectivity index (χ2n) is 7.84. The third kappa shape index (κ3) is 3.00. The van der Waals surface area contributed by atoms with Crippen LogP contribution in [0.25, 0.3) is 0 Å². The molecular weight excluding hydrogens is 344 g/mol. The molecule has 0 radical (unpaired) electrons. The van der Waals surface area contributed by atoms with Crippen molar-refractivity contribution in [3.8, 4) is 0 Å². The molecule has 1 saturated heterocycles. The first-order valence-corrected chi connectivity index (χ1v) is 9.77. The first kappa shape index (κ1) is 18.0. The van der Waals surface area contributed by atoms with Crippen molar-refractivity contribution in [1.82, 2.24) is 15.5 Å². The molecule has 4 amide bonds. The van der Waals surface area contributed by atoms with Gasteiger partial charge < -0.3 is 16.4 Å². The summed E-state index contributed by atoms with van der Waals surface area (Å²) >= 11 is 0. The van der Waals surface area contributed by atoms with Gasteiger partial charge in [-0.05, 0) is 49.3 Å². The van der Waals surface area contributed by atoms with E-state index in [0.29, 0.717) is 13.0 Å². The van der Waals surface area contributed by atoms with Gasteiger partial charge in [0, 0.05) is 6.04 Å². The number of urea groups is 1. The molecule has 2 aliphatic carbocycles. The van der Waals surface area contributed by atoms with Crippen LogP contribution in [0.1, 0.15) is 43.2 Å². The second-order valence-corrected chi connectivity index (χ2v) is 7.84. The lowest BCUT2D eigenvalue weighted by Crippen LogP contribution is -2.49. The Morgan fingerprint density at radius 2 is 2.04 bits per heavy atom. The second kappa shape index (κ2) is 6.96. The molecule has 4 N–H and O–H groups in total. The summed E-state index contributed by atoms with van der Waals surface area (Å²) in [6.07, 6.45) is 5.36. The fourth-order valence-corrected chi connectivity index (χ4v) is 4.81. The normalized spacial score (nSPS) is 29.7. The number of carbonyl (C=O) groups is 3. The number of rotatable bonds is 4. The molecule has 1 heterocycles. The Kier molecular flexibility index (Phi) is 4.63. The summed E-state index contributed by atoms with van der Waals surface area (Å²) in [5.74, 6) is -0.363. The molecule has 144 valence electrons. The predicted molar refractivity (Wildman–Crippen MR) is 99.6 cm³/mol. The van der Waals surface area contributed by atoms with Gasteiger partial charge in [0.1, 0.15) is 12.1 Å². The Morgan fingerprint density at radius 3 is 2.85 bits per heavy atom. The van der Waals surface area contributed by atoms with E-state index in [1.54, 1.807) is 0 Å². The number of fused-ring (bicyclic) bond motifs is 2. The molecule has 1 aromatic carbocycles. The minimum Gasteiger partial charge on any atom is -0.351 e. The highest BCUT2D eigenvalue weighted by molar-refractivity contribution is 6.09. The van der Waals surface area contributed by atoms with E-state index in [1.165, 1.54) is 0 Å². The average molecular weight is 370 g/mol. The van der Waals surface area contributed by atoms with Crippen molar-refractivity contribution in [2.45, 2.75) is 50.1 Å². The number of nitrogens with one attached hydrogen (secondary N) is 2. The van der Waals surface area contributed by atoms with E-state index in [0.717, 1.165) is 48.1 Å². The summed E-state index contributed by atoms with van der Waals surface area (Å²) in [4.78, 5) is 39.2. The number of amides is 4. The Balaban J connectivity index is 1.46. The van der Waals surface area contributed by atoms with Gasteiger partial charge in [0.2, 0.25) is 5.91 Å². The number of hydrogen-bond acceptors (Lipinski definition) is 4. The Morgan fingerprint density at radius 1 is 1.26 bits per heavy atom. The monoisotopic (exact) mass is 370 g/mol. The SMILES string of the molecule is NCC1CCCCC1NC(=O)CN1C(=O)NC2(CCc3ccccc32)C1=O. The maximum absolute atomic E-state index is 13.1. The fourth-order valence-electron chi connectivity index (χ4n) is 4.81. The smallest absolute Gasteiger partial charge is 0.325 e. The third-order valence-corrected chi connectivity index (χ3v) is 6.28. The van der Waals surface area contributed by atoms with E-state index in [2.05, 4.69) is 10.6 Å². The molecular formula is C20H26N4O3. The van der Waals surface area contributed by atoms with E-state index in [4.69, 9.17) is 5.73 Å². The Labute approximate surface area is 158 Å². The zero-order valence-corrected chi connectivity index (χ0v) is 15.4. The standard InChI is InChI=1S/C20H26N4O3/c21-11-14-6-2-4-8-16(14)22-17(25)12-24-18(26)20(23-19(24)27)10-9-13-5-1-3-7-15(13)20/h1,3,5,7,14,16H,2,4,6,8-12,21H2,(H,22,25)(H,23,27). The van der Waals surface area contributed by atoms with Crippen molar-refractivity contribution >= 4 is 17.8 Å². The molecule has 1 aromatic rings. The van der Waals surface area contributed by atoms with Crippen LogP contribution in [0.2, 0.25) is 0 Å². The summed E-state index contributed by atoms with van der Waals surface area (Å²) < 4.78 is 0. The molecule has 3 atom stereocenters. The van der Waals surface area contributed by atoms with E-state index in [-0.39, 0.29) is 30.3 Å². The zero-order chi connectivity index (χ0) is 19.0. The molecule has 27 heavy (non-hydrogen) atoms. The average Bonchev–Trinajstić information content (AvgIpc) is 3.16. The summed E-state index contributed by atoms with van der Waals surface area (Å²) in [5.41, 5.74) is 6.73. The van der Waals surface area contributed by atoms with E-state index < -0.39 is 11.6 Å². The van der Waals surface area contributed by atoms with Gasteiger partial charge in [0.25, 0.3) is 5.91 Å². The molecule has 2 fully saturated rings. The molecule has 7 heteroatoms. The predicted octanol–water partition coefficient (Wildman–Crippen LogP) is 1.01. The minimum atomic E-state index is -1.02. The number of nitrogens with zero attached hydrogens (tertiary/aromatic N) is 1. The molecule has 7 nitrogen and oxygen atoms in total. The van der Waals surface area contributed by atoms with Crippen LogP contribution in [0, 0.1) is 5.92 Å². The van der Waals surface area contributed by atoms with Crippen molar-refractivity contribution in [2.24, 2.45) is 11.7 Å². The first-order chi connectivity index (χ1) is 13.0. The van der Waals surface area contributed by atoms with Gasteiger partial charge in [-0.2, -0.15) is 0 Å². The highest BCUT2D eigenvalue weighted by atomic mass is 16.2. The highest BCUT2D eigenvalue weighted by Crippen LogP contribution is 2.41. The molecule has 3 aliphatic rings. The number of carbonyl (C=O) groups excluding carboxylic acids is 3. The number of hydrogen-bond donors (Lipinski definition) is 3. The Hall–Kier alpha value is -2.41. The summed E-state index contributed by atoms with van der Waals surface area (Å²) in [6, 6.07) is 7.20. The van der Waals surface area contributed by atoms with Crippen LogP contribution in [-0.2, 0) is 21.5 Å². The number of aryl methyl sites for hydroxylation is 1. The van der Waals surface area contributed by atoms with E-state index in [9.17, 15) is 14.4 Å². The van der Waals surface area contributed by atoms with Gasteiger partial charge in [-0.3, -0.25) is 14.5 Å². The molecule has 1 spiro atoms. The lowest BCUT2D eigenvalue weighted by molar-refractivity contribution is -0.135. The van der Waals surface area contributed by atoms with Crippen molar-refractivity contribution in [1.29, 1.82) is 0 Å². The van der Waals surface area contributed by atoms with E-state index in [1.807, 2.05) is 24.3 Å².